The first kappa shape index (κ1) is 23.1. The SMILES string of the molecule is CCOC(=O)c1nc(-c2cc(C(=O)NCCCOC)c(C)n2CCCOC)cs1. The first-order valence-corrected chi connectivity index (χ1v) is 10.5. The molecule has 29 heavy (non-hydrogen) atoms. The molecule has 2 aromatic rings. The van der Waals surface area contributed by atoms with Crippen LogP contribution in [-0.2, 0) is 20.8 Å². The highest BCUT2D eigenvalue weighted by Gasteiger charge is 2.21. The van der Waals surface area contributed by atoms with E-state index in [9.17, 15) is 9.59 Å². The second-order valence-corrected chi connectivity index (χ2v) is 7.25. The molecule has 160 valence electrons. The molecule has 0 unspecified atom stereocenters. The lowest BCUT2D eigenvalue weighted by atomic mass is 10.2. The van der Waals surface area contributed by atoms with Crippen molar-refractivity contribution >= 4 is 23.2 Å². The first-order valence-electron chi connectivity index (χ1n) is 9.62. The van der Waals surface area contributed by atoms with E-state index in [1.54, 1.807) is 21.1 Å². The fourth-order valence-electron chi connectivity index (χ4n) is 2.93. The van der Waals surface area contributed by atoms with Gasteiger partial charge in [0, 0.05) is 51.6 Å². The number of aromatic nitrogens is 2. The van der Waals surface area contributed by atoms with Crippen LogP contribution < -0.4 is 5.32 Å². The van der Waals surface area contributed by atoms with Gasteiger partial charge in [0.2, 0.25) is 5.01 Å². The van der Waals surface area contributed by atoms with Gasteiger partial charge in [-0.25, -0.2) is 9.78 Å². The zero-order chi connectivity index (χ0) is 21.2. The smallest absolute Gasteiger partial charge is 0.367 e. The van der Waals surface area contributed by atoms with Gasteiger partial charge in [-0.2, -0.15) is 0 Å². The number of rotatable bonds is 12. The summed E-state index contributed by atoms with van der Waals surface area (Å²) in [4.78, 5) is 29.1. The van der Waals surface area contributed by atoms with E-state index in [1.807, 2.05) is 22.9 Å². The van der Waals surface area contributed by atoms with E-state index in [0.717, 1.165) is 24.2 Å². The third kappa shape index (κ3) is 6.12. The average molecular weight is 424 g/mol. The topological polar surface area (TPSA) is 91.7 Å². The lowest BCUT2D eigenvalue weighted by molar-refractivity contribution is 0.0526. The molecule has 9 heteroatoms. The van der Waals surface area contributed by atoms with Gasteiger partial charge in [-0.3, -0.25) is 4.79 Å². The van der Waals surface area contributed by atoms with Crippen molar-refractivity contribution in [3.8, 4) is 11.4 Å². The number of ether oxygens (including phenoxy) is 3. The maximum atomic E-state index is 12.7. The van der Waals surface area contributed by atoms with E-state index in [-0.39, 0.29) is 5.91 Å². The first-order chi connectivity index (χ1) is 14.0. The van der Waals surface area contributed by atoms with E-state index in [4.69, 9.17) is 14.2 Å². The maximum Gasteiger partial charge on any atom is 0.367 e. The molecule has 0 aromatic carbocycles. The van der Waals surface area contributed by atoms with Crippen molar-refractivity contribution < 1.29 is 23.8 Å². The highest BCUT2D eigenvalue weighted by atomic mass is 32.1. The summed E-state index contributed by atoms with van der Waals surface area (Å²) >= 11 is 1.23. The van der Waals surface area contributed by atoms with Crippen LogP contribution in [0.4, 0.5) is 0 Å². The Hall–Kier alpha value is -2.23. The third-order valence-corrected chi connectivity index (χ3v) is 5.19. The molecule has 0 spiro atoms. The minimum absolute atomic E-state index is 0.133. The number of carbonyl (C=O) groups is 2. The zero-order valence-corrected chi connectivity index (χ0v) is 18.3. The molecule has 1 amide bonds. The number of nitrogens with zero attached hydrogens (tertiary/aromatic N) is 2. The molecule has 0 saturated heterocycles. The number of hydrogen-bond acceptors (Lipinski definition) is 7. The summed E-state index contributed by atoms with van der Waals surface area (Å²) in [5, 5.41) is 5.04. The Balaban J connectivity index is 2.29. The molecule has 0 aliphatic heterocycles. The van der Waals surface area contributed by atoms with Crippen LogP contribution >= 0.6 is 11.3 Å². The lowest BCUT2D eigenvalue weighted by Gasteiger charge is -2.11. The van der Waals surface area contributed by atoms with Gasteiger partial charge >= 0.3 is 5.97 Å². The average Bonchev–Trinajstić information content (AvgIpc) is 3.31. The number of methoxy groups -OCH3 is 2. The van der Waals surface area contributed by atoms with E-state index in [2.05, 4.69) is 10.3 Å². The van der Waals surface area contributed by atoms with Crippen LogP contribution in [0.3, 0.4) is 0 Å². The molecule has 8 nitrogen and oxygen atoms in total. The molecule has 0 saturated carbocycles. The molecule has 0 aliphatic carbocycles. The summed E-state index contributed by atoms with van der Waals surface area (Å²) < 4.78 is 17.3. The highest BCUT2D eigenvalue weighted by Crippen LogP contribution is 2.28. The summed E-state index contributed by atoms with van der Waals surface area (Å²) in [6.45, 7) is 6.40. The number of esters is 1. The summed E-state index contributed by atoms with van der Waals surface area (Å²) in [5.41, 5.74) is 2.90. The Labute approximate surface area is 175 Å². The molecule has 0 bridgehead atoms. The number of hydrogen-bond donors (Lipinski definition) is 1. The van der Waals surface area contributed by atoms with E-state index >= 15 is 0 Å². The molecule has 0 aliphatic rings. The largest absolute Gasteiger partial charge is 0.461 e. The number of amides is 1. The van der Waals surface area contributed by atoms with Gasteiger partial charge < -0.3 is 24.1 Å². The van der Waals surface area contributed by atoms with Crippen LogP contribution in [0.2, 0.25) is 0 Å². The Morgan fingerprint density at radius 3 is 2.62 bits per heavy atom. The van der Waals surface area contributed by atoms with Crippen molar-refractivity contribution in [1.82, 2.24) is 14.9 Å². The second-order valence-electron chi connectivity index (χ2n) is 6.39. The Morgan fingerprint density at radius 1 is 1.21 bits per heavy atom. The predicted octanol–water partition coefficient (Wildman–Crippen LogP) is 2.90. The van der Waals surface area contributed by atoms with Crippen molar-refractivity contribution in [3.05, 3.63) is 27.7 Å². The van der Waals surface area contributed by atoms with Crippen LogP contribution in [0.15, 0.2) is 11.4 Å². The van der Waals surface area contributed by atoms with Crippen molar-refractivity contribution in [3.63, 3.8) is 0 Å². The minimum Gasteiger partial charge on any atom is -0.461 e. The van der Waals surface area contributed by atoms with Crippen molar-refractivity contribution in [2.45, 2.75) is 33.2 Å². The molecule has 0 atom stereocenters. The molecule has 2 aromatic heterocycles. The van der Waals surface area contributed by atoms with Gasteiger partial charge in [0.15, 0.2) is 0 Å². The van der Waals surface area contributed by atoms with Crippen molar-refractivity contribution in [1.29, 1.82) is 0 Å². The molecule has 0 radical (unpaired) electrons. The lowest BCUT2D eigenvalue weighted by Crippen LogP contribution is -2.25. The minimum atomic E-state index is -0.436. The molecular weight excluding hydrogens is 394 g/mol. The predicted molar refractivity (Wildman–Crippen MR) is 112 cm³/mol. The zero-order valence-electron chi connectivity index (χ0n) is 17.4. The fraction of sp³-hybridized carbons (Fsp3) is 0.550. The monoisotopic (exact) mass is 423 g/mol. The van der Waals surface area contributed by atoms with Crippen molar-refractivity contribution in [2.24, 2.45) is 0 Å². The Kier molecular flexibility index (Phi) is 9.30. The Bertz CT molecular complexity index is 815. The fourth-order valence-corrected chi connectivity index (χ4v) is 3.64. The van der Waals surface area contributed by atoms with Crippen LogP contribution in [0, 0.1) is 6.92 Å². The molecular formula is C20H29N3O5S. The number of carbonyl (C=O) groups excluding carboxylic acids is 2. The maximum absolute atomic E-state index is 12.7. The number of nitrogens with one attached hydrogen (secondary N) is 1. The van der Waals surface area contributed by atoms with Crippen LogP contribution in [-0.4, -0.2) is 62.0 Å². The van der Waals surface area contributed by atoms with Crippen LogP contribution in [0.5, 0.6) is 0 Å². The summed E-state index contributed by atoms with van der Waals surface area (Å²) in [5.74, 6) is -0.569. The van der Waals surface area contributed by atoms with Gasteiger partial charge in [-0.1, -0.05) is 0 Å². The summed E-state index contributed by atoms with van der Waals surface area (Å²) in [7, 11) is 3.30. The second kappa shape index (κ2) is 11.7. The molecule has 2 rings (SSSR count). The van der Waals surface area contributed by atoms with Crippen molar-refractivity contribution in [2.75, 3.05) is 40.6 Å². The van der Waals surface area contributed by atoms with Gasteiger partial charge in [0.1, 0.15) is 0 Å². The Morgan fingerprint density at radius 2 is 1.93 bits per heavy atom. The summed E-state index contributed by atoms with van der Waals surface area (Å²) in [6, 6.07) is 1.83. The van der Waals surface area contributed by atoms with E-state index in [0.29, 0.717) is 49.2 Å². The standard InChI is InChI=1S/C20H29N3O5S/c1-5-28-20(25)19-22-16(13-29-19)17-12-15(18(24)21-8-6-10-26-3)14(2)23(17)9-7-11-27-4/h12-13H,5-11H2,1-4H3,(H,21,24). The normalized spacial score (nSPS) is 10.9. The summed E-state index contributed by atoms with van der Waals surface area (Å²) in [6.07, 6.45) is 1.54. The third-order valence-electron chi connectivity index (χ3n) is 4.37. The van der Waals surface area contributed by atoms with Gasteiger partial charge in [-0.15, -0.1) is 11.3 Å². The van der Waals surface area contributed by atoms with Gasteiger partial charge in [-0.05, 0) is 32.8 Å². The van der Waals surface area contributed by atoms with E-state index < -0.39 is 5.97 Å². The molecule has 0 fully saturated rings. The molecule has 2 heterocycles. The quantitative estimate of drug-likeness (QED) is 0.417. The van der Waals surface area contributed by atoms with Crippen LogP contribution in [0.1, 0.15) is 45.6 Å². The molecule has 1 N–H and O–H groups in total. The van der Waals surface area contributed by atoms with E-state index in [1.165, 1.54) is 11.3 Å². The highest BCUT2D eigenvalue weighted by molar-refractivity contribution is 7.11. The van der Waals surface area contributed by atoms with Gasteiger partial charge in [0.05, 0.1) is 23.6 Å². The number of thiazole rings is 1. The van der Waals surface area contributed by atoms with Gasteiger partial charge in [0.25, 0.3) is 5.91 Å². The van der Waals surface area contributed by atoms with Crippen LogP contribution in [0.25, 0.3) is 11.4 Å².